The van der Waals surface area contributed by atoms with E-state index in [1.807, 2.05) is 18.2 Å². The fourth-order valence-corrected chi connectivity index (χ4v) is 3.18. The van der Waals surface area contributed by atoms with E-state index in [1.54, 1.807) is 12.1 Å². The summed E-state index contributed by atoms with van der Waals surface area (Å²) in [6, 6.07) is 14.3. The lowest BCUT2D eigenvalue weighted by molar-refractivity contribution is -0.121. The summed E-state index contributed by atoms with van der Waals surface area (Å²) in [4.78, 5) is 11.8. The van der Waals surface area contributed by atoms with Gasteiger partial charge in [-0.2, -0.15) is 0 Å². The van der Waals surface area contributed by atoms with Gasteiger partial charge in [0.15, 0.2) is 0 Å². The Balaban J connectivity index is 1.79. The van der Waals surface area contributed by atoms with Crippen molar-refractivity contribution in [2.45, 2.75) is 6.42 Å². The van der Waals surface area contributed by atoms with E-state index in [4.69, 9.17) is 4.74 Å². The molecule has 1 N–H and O–H groups in total. The minimum absolute atomic E-state index is 0.0513. The van der Waals surface area contributed by atoms with E-state index in [1.165, 1.54) is 24.3 Å². The molecule has 0 atom stereocenters. The van der Waals surface area contributed by atoms with Gasteiger partial charge in [-0.25, -0.2) is 12.8 Å². The molecule has 1 amide bonds. The van der Waals surface area contributed by atoms with Gasteiger partial charge in [-0.05, 0) is 36.4 Å². The number of carbonyl (C=O) groups excluding carboxylic acids is 1. The highest BCUT2D eigenvalue weighted by molar-refractivity contribution is 7.92. The van der Waals surface area contributed by atoms with Gasteiger partial charge in [0.05, 0.1) is 31.5 Å². The lowest BCUT2D eigenvalue weighted by Crippen LogP contribution is -2.38. The summed E-state index contributed by atoms with van der Waals surface area (Å²) in [5.41, 5.74) is 0.343. The van der Waals surface area contributed by atoms with E-state index < -0.39 is 15.8 Å². The molecule has 0 saturated carbocycles. The van der Waals surface area contributed by atoms with E-state index in [0.29, 0.717) is 11.4 Å². The number of nitrogens with zero attached hydrogens (tertiary/aromatic N) is 1. The third-order valence-electron chi connectivity index (χ3n) is 3.49. The maximum absolute atomic E-state index is 13.0. The molecule has 6 nitrogen and oxygen atoms in total. The monoisotopic (exact) mass is 380 g/mol. The van der Waals surface area contributed by atoms with Crippen molar-refractivity contribution in [1.82, 2.24) is 5.32 Å². The number of sulfonamides is 1. The molecule has 2 rings (SSSR count). The van der Waals surface area contributed by atoms with Gasteiger partial charge in [0.1, 0.15) is 11.6 Å². The van der Waals surface area contributed by atoms with E-state index in [-0.39, 0.29) is 32.0 Å². The Bertz CT molecular complexity index is 811. The Morgan fingerprint density at radius 3 is 2.38 bits per heavy atom. The Hall–Kier alpha value is -2.61. The van der Waals surface area contributed by atoms with Crippen LogP contribution >= 0.6 is 0 Å². The molecule has 0 bridgehead atoms. The van der Waals surface area contributed by atoms with Crippen LogP contribution in [0, 0.1) is 5.82 Å². The van der Waals surface area contributed by atoms with E-state index in [2.05, 4.69) is 5.32 Å². The summed E-state index contributed by atoms with van der Waals surface area (Å²) in [6.07, 6.45) is 1.22. The minimum atomic E-state index is -3.55. The highest BCUT2D eigenvalue weighted by Gasteiger charge is 2.17. The number of rotatable bonds is 9. The molecule has 0 aliphatic heterocycles. The van der Waals surface area contributed by atoms with Crippen molar-refractivity contribution in [2.24, 2.45) is 0 Å². The van der Waals surface area contributed by atoms with Gasteiger partial charge in [-0.3, -0.25) is 9.10 Å². The molecule has 26 heavy (non-hydrogen) atoms. The highest BCUT2D eigenvalue weighted by Crippen LogP contribution is 2.17. The zero-order valence-corrected chi connectivity index (χ0v) is 15.2. The molecule has 0 fully saturated rings. The maximum atomic E-state index is 13.0. The van der Waals surface area contributed by atoms with Gasteiger partial charge in [0.25, 0.3) is 0 Å². The topological polar surface area (TPSA) is 75.7 Å². The molecule has 140 valence electrons. The summed E-state index contributed by atoms with van der Waals surface area (Å²) in [6.45, 7) is 0.411. The summed E-state index contributed by atoms with van der Waals surface area (Å²) in [7, 11) is -3.55. The lowest BCUT2D eigenvalue weighted by atomic mass is 10.3. The van der Waals surface area contributed by atoms with Crippen molar-refractivity contribution >= 4 is 21.6 Å². The fourth-order valence-electron chi connectivity index (χ4n) is 2.26. The van der Waals surface area contributed by atoms with Gasteiger partial charge < -0.3 is 10.1 Å². The average Bonchev–Trinajstić information content (AvgIpc) is 2.60. The molecular formula is C18H21FN2O4S. The van der Waals surface area contributed by atoms with Crippen LogP contribution < -0.4 is 14.4 Å². The Labute approximate surface area is 152 Å². The van der Waals surface area contributed by atoms with Crippen LogP contribution in [0.15, 0.2) is 54.6 Å². The van der Waals surface area contributed by atoms with E-state index in [9.17, 15) is 17.6 Å². The summed E-state index contributed by atoms with van der Waals surface area (Å²) in [5, 5.41) is 2.65. The number of anilines is 1. The summed E-state index contributed by atoms with van der Waals surface area (Å²) in [5.74, 6) is -0.0118. The molecule has 8 heteroatoms. The smallest absolute Gasteiger partial charge is 0.232 e. The molecule has 2 aromatic carbocycles. The molecule has 0 radical (unpaired) electrons. The molecule has 0 unspecified atom stereocenters. The standard InChI is InChI=1S/C18H21FN2O4S/c1-26(23,24)21(16-9-7-15(19)8-10-16)13-12-20-18(22)11-14-25-17-5-3-2-4-6-17/h2-10H,11-14H2,1H3,(H,20,22). The number of para-hydroxylation sites is 1. The predicted octanol–water partition coefficient (Wildman–Crippen LogP) is 2.18. The molecule has 0 aliphatic rings. The Morgan fingerprint density at radius 2 is 1.77 bits per heavy atom. The first-order valence-corrected chi connectivity index (χ1v) is 9.89. The van der Waals surface area contributed by atoms with Gasteiger partial charge in [-0.15, -0.1) is 0 Å². The van der Waals surface area contributed by atoms with Crippen molar-refractivity contribution in [2.75, 3.05) is 30.3 Å². The van der Waals surface area contributed by atoms with Gasteiger partial charge in [0, 0.05) is 6.54 Å². The molecule has 0 saturated heterocycles. The molecule has 2 aromatic rings. The van der Waals surface area contributed by atoms with Crippen LogP contribution in [-0.4, -0.2) is 40.3 Å². The first-order valence-electron chi connectivity index (χ1n) is 8.04. The number of nitrogens with one attached hydrogen (secondary N) is 1. The van der Waals surface area contributed by atoms with Gasteiger partial charge >= 0.3 is 0 Å². The highest BCUT2D eigenvalue weighted by atomic mass is 32.2. The van der Waals surface area contributed by atoms with Crippen molar-refractivity contribution in [1.29, 1.82) is 0 Å². The fraction of sp³-hybridized carbons (Fsp3) is 0.278. The average molecular weight is 380 g/mol. The van der Waals surface area contributed by atoms with Crippen LogP contribution in [-0.2, 0) is 14.8 Å². The Morgan fingerprint density at radius 1 is 1.12 bits per heavy atom. The molecule has 0 aromatic heterocycles. The first-order chi connectivity index (χ1) is 12.4. The molecule has 0 spiro atoms. The largest absolute Gasteiger partial charge is 0.493 e. The second-order valence-electron chi connectivity index (χ2n) is 5.57. The molecular weight excluding hydrogens is 359 g/mol. The van der Waals surface area contributed by atoms with Crippen LogP contribution in [0.4, 0.5) is 10.1 Å². The van der Waals surface area contributed by atoms with Gasteiger partial charge in [0.2, 0.25) is 15.9 Å². The zero-order chi connectivity index (χ0) is 19.0. The van der Waals surface area contributed by atoms with Crippen LogP contribution in [0.25, 0.3) is 0 Å². The van der Waals surface area contributed by atoms with E-state index >= 15 is 0 Å². The number of benzene rings is 2. The molecule has 0 heterocycles. The van der Waals surface area contributed by atoms with Crippen LogP contribution in [0.1, 0.15) is 6.42 Å². The predicted molar refractivity (Wildman–Crippen MR) is 98.2 cm³/mol. The SMILES string of the molecule is CS(=O)(=O)N(CCNC(=O)CCOc1ccccc1)c1ccc(F)cc1. The minimum Gasteiger partial charge on any atom is -0.493 e. The van der Waals surface area contributed by atoms with Crippen molar-refractivity contribution in [3.63, 3.8) is 0 Å². The number of amides is 1. The Kier molecular flexibility index (Phi) is 6.97. The van der Waals surface area contributed by atoms with Crippen LogP contribution in [0.2, 0.25) is 0 Å². The molecule has 0 aliphatic carbocycles. The number of hydrogen-bond donors (Lipinski definition) is 1. The second-order valence-corrected chi connectivity index (χ2v) is 7.48. The normalized spacial score (nSPS) is 11.0. The summed E-state index contributed by atoms with van der Waals surface area (Å²) < 4.78 is 43.4. The van der Waals surface area contributed by atoms with Gasteiger partial charge in [-0.1, -0.05) is 18.2 Å². The number of ether oxygens (including phenoxy) is 1. The maximum Gasteiger partial charge on any atom is 0.232 e. The number of halogens is 1. The third kappa shape index (κ3) is 6.36. The van der Waals surface area contributed by atoms with Crippen LogP contribution in [0.5, 0.6) is 5.75 Å². The van der Waals surface area contributed by atoms with E-state index in [0.717, 1.165) is 10.6 Å². The number of carbonyl (C=O) groups is 1. The quantitative estimate of drug-likeness (QED) is 0.724. The lowest BCUT2D eigenvalue weighted by Gasteiger charge is -2.22. The zero-order valence-electron chi connectivity index (χ0n) is 14.4. The summed E-state index contributed by atoms with van der Waals surface area (Å²) >= 11 is 0. The van der Waals surface area contributed by atoms with Crippen molar-refractivity contribution in [3.8, 4) is 5.75 Å². The third-order valence-corrected chi connectivity index (χ3v) is 4.69. The first kappa shape index (κ1) is 19.7. The van der Waals surface area contributed by atoms with Crippen LogP contribution in [0.3, 0.4) is 0 Å². The van der Waals surface area contributed by atoms with Crippen molar-refractivity contribution in [3.05, 3.63) is 60.4 Å². The number of hydrogen-bond acceptors (Lipinski definition) is 4. The van der Waals surface area contributed by atoms with Crippen molar-refractivity contribution < 1.29 is 22.3 Å². The second kappa shape index (κ2) is 9.19.